The lowest BCUT2D eigenvalue weighted by Crippen LogP contribution is -2.33. The summed E-state index contributed by atoms with van der Waals surface area (Å²) >= 11 is 0. The third-order valence-corrected chi connectivity index (χ3v) is 2.26. The summed E-state index contributed by atoms with van der Waals surface area (Å²) in [5.41, 5.74) is 5.84. The van der Waals surface area contributed by atoms with Crippen molar-refractivity contribution in [2.75, 3.05) is 0 Å². The van der Waals surface area contributed by atoms with Crippen molar-refractivity contribution in [1.82, 2.24) is 10.2 Å². The van der Waals surface area contributed by atoms with E-state index in [-0.39, 0.29) is 37.0 Å². The molecule has 1 aliphatic rings. The van der Waals surface area contributed by atoms with Crippen molar-refractivity contribution in [3.05, 3.63) is 12.4 Å². The van der Waals surface area contributed by atoms with Gasteiger partial charge in [0.1, 0.15) is 6.10 Å². The zero-order valence-electron chi connectivity index (χ0n) is 7.68. The molecule has 0 bridgehead atoms. The van der Waals surface area contributed by atoms with Crippen LogP contribution in [0.15, 0.2) is 12.4 Å². The van der Waals surface area contributed by atoms with E-state index in [1.54, 1.807) is 12.4 Å². The number of nitrogens with zero attached hydrogens (tertiary/aromatic N) is 1. The first kappa shape index (κ1) is 13.5. The Balaban J connectivity index is 0.000000845. The molecule has 0 aliphatic heterocycles. The molecule has 2 atom stereocenters. The van der Waals surface area contributed by atoms with Crippen molar-refractivity contribution in [2.24, 2.45) is 5.73 Å². The van der Waals surface area contributed by atoms with Crippen molar-refractivity contribution >= 4 is 24.8 Å². The summed E-state index contributed by atoms with van der Waals surface area (Å²) in [6, 6.07) is 0.194. The molecule has 1 aromatic rings. The lowest BCUT2D eigenvalue weighted by molar-refractivity contribution is 0.192. The van der Waals surface area contributed by atoms with Crippen LogP contribution >= 0.6 is 24.8 Å². The second kappa shape index (κ2) is 6.11. The van der Waals surface area contributed by atoms with Crippen molar-refractivity contribution in [3.8, 4) is 5.75 Å². The molecule has 6 heteroatoms. The number of hydrogen-bond acceptors (Lipinski definition) is 3. The van der Waals surface area contributed by atoms with Crippen LogP contribution in [0.25, 0.3) is 0 Å². The number of ether oxygens (including phenoxy) is 1. The number of nitrogens with one attached hydrogen (secondary N) is 1. The maximum atomic E-state index is 5.84. The van der Waals surface area contributed by atoms with E-state index in [9.17, 15) is 0 Å². The van der Waals surface area contributed by atoms with Crippen LogP contribution in [0.1, 0.15) is 19.3 Å². The van der Waals surface area contributed by atoms with Gasteiger partial charge >= 0.3 is 0 Å². The largest absolute Gasteiger partial charge is 0.486 e. The first-order valence-electron chi connectivity index (χ1n) is 4.27. The number of aromatic amines is 1. The molecule has 4 nitrogen and oxygen atoms in total. The first-order valence-corrected chi connectivity index (χ1v) is 4.27. The molecule has 1 fully saturated rings. The average Bonchev–Trinajstić information content (AvgIpc) is 2.65. The molecule has 1 saturated carbocycles. The van der Waals surface area contributed by atoms with Crippen LogP contribution in [0, 0.1) is 0 Å². The second-order valence-corrected chi connectivity index (χ2v) is 3.19. The Morgan fingerprint density at radius 2 is 2.21 bits per heavy atom. The molecule has 0 aromatic carbocycles. The first-order chi connectivity index (χ1) is 5.86. The molecule has 0 radical (unpaired) electrons. The van der Waals surface area contributed by atoms with Gasteiger partial charge in [-0.3, -0.25) is 5.10 Å². The fourth-order valence-electron chi connectivity index (χ4n) is 1.58. The minimum atomic E-state index is 0. The average molecular weight is 240 g/mol. The smallest absolute Gasteiger partial charge is 0.157 e. The highest BCUT2D eigenvalue weighted by atomic mass is 35.5. The Morgan fingerprint density at radius 3 is 2.71 bits per heavy atom. The fraction of sp³-hybridized carbons (Fsp3) is 0.625. The van der Waals surface area contributed by atoms with Crippen LogP contribution < -0.4 is 10.5 Å². The van der Waals surface area contributed by atoms with Gasteiger partial charge in [-0.2, -0.15) is 5.10 Å². The molecule has 3 N–H and O–H groups in total. The van der Waals surface area contributed by atoms with Gasteiger partial charge in [0.25, 0.3) is 0 Å². The van der Waals surface area contributed by atoms with Crippen LogP contribution in [-0.4, -0.2) is 22.3 Å². The molecule has 0 spiro atoms. The predicted molar refractivity (Wildman–Crippen MR) is 59.3 cm³/mol. The topological polar surface area (TPSA) is 63.9 Å². The highest BCUT2D eigenvalue weighted by Gasteiger charge is 2.25. The van der Waals surface area contributed by atoms with E-state index in [1.807, 2.05) is 0 Å². The van der Waals surface area contributed by atoms with Crippen LogP contribution in [-0.2, 0) is 0 Å². The third kappa shape index (κ3) is 3.04. The number of H-pyrrole nitrogens is 1. The molecule has 1 heterocycles. The van der Waals surface area contributed by atoms with E-state index >= 15 is 0 Å². The molecule has 0 amide bonds. The van der Waals surface area contributed by atoms with Gasteiger partial charge in [-0.15, -0.1) is 24.8 Å². The van der Waals surface area contributed by atoms with Crippen molar-refractivity contribution < 1.29 is 4.74 Å². The lowest BCUT2D eigenvalue weighted by Gasteiger charge is -2.15. The molecule has 2 rings (SSSR count). The Bertz CT molecular complexity index is 243. The minimum absolute atomic E-state index is 0. The maximum absolute atomic E-state index is 5.84. The van der Waals surface area contributed by atoms with E-state index in [4.69, 9.17) is 10.5 Å². The van der Waals surface area contributed by atoms with Gasteiger partial charge in [0.15, 0.2) is 5.75 Å². The molecule has 1 aliphatic carbocycles. The minimum Gasteiger partial charge on any atom is -0.486 e. The zero-order chi connectivity index (χ0) is 8.39. The molecule has 2 unspecified atom stereocenters. The maximum Gasteiger partial charge on any atom is 0.157 e. The van der Waals surface area contributed by atoms with Crippen LogP contribution in [0.2, 0.25) is 0 Å². The van der Waals surface area contributed by atoms with Gasteiger partial charge in [-0.05, 0) is 19.3 Å². The monoisotopic (exact) mass is 239 g/mol. The quantitative estimate of drug-likeness (QED) is 0.823. The summed E-state index contributed by atoms with van der Waals surface area (Å²) in [6.07, 6.45) is 6.90. The van der Waals surface area contributed by atoms with Crippen molar-refractivity contribution in [2.45, 2.75) is 31.4 Å². The Kier molecular flexibility index (Phi) is 5.92. The number of aromatic nitrogens is 2. The predicted octanol–water partition coefficient (Wildman–Crippen LogP) is 1.51. The molecule has 82 valence electrons. The van der Waals surface area contributed by atoms with E-state index in [0.29, 0.717) is 0 Å². The zero-order valence-corrected chi connectivity index (χ0v) is 9.31. The summed E-state index contributed by atoms with van der Waals surface area (Å²) in [5, 5.41) is 6.50. The Morgan fingerprint density at radius 1 is 1.43 bits per heavy atom. The van der Waals surface area contributed by atoms with Gasteiger partial charge in [-0.1, -0.05) is 0 Å². The molecule has 1 aromatic heterocycles. The summed E-state index contributed by atoms with van der Waals surface area (Å²) < 4.78 is 5.61. The summed E-state index contributed by atoms with van der Waals surface area (Å²) in [6.45, 7) is 0. The van der Waals surface area contributed by atoms with E-state index in [1.165, 1.54) is 6.42 Å². The van der Waals surface area contributed by atoms with Gasteiger partial charge < -0.3 is 10.5 Å². The second-order valence-electron chi connectivity index (χ2n) is 3.19. The summed E-state index contributed by atoms with van der Waals surface area (Å²) in [7, 11) is 0. The van der Waals surface area contributed by atoms with Gasteiger partial charge in [-0.25, -0.2) is 0 Å². The fourth-order valence-corrected chi connectivity index (χ4v) is 1.58. The normalized spacial score (nSPS) is 24.9. The Labute approximate surface area is 95.4 Å². The van der Waals surface area contributed by atoms with Crippen LogP contribution in [0.5, 0.6) is 5.75 Å². The third-order valence-electron chi connectivity index (χ3n) is 2.26. The van der Waals surface area contributed by atoms with Gasteiger partial charge in [0, 0.05) is 6.04 Å². The van der Waals surface area contributed by atoms with Gasteiger partial charge in [0.2, 0.25) is 0 Å². The lowest BCUT2D eigenvalue weighted by atomic mass is 10.2. The summed E-state index contributed by atoms with van der Waals surface area (Å²) in [5.74, 6) is 0.789. The van der Waals surface area contributed by atoms with E-state index in [0.717, 1.165) is 18.6 Å². The molecular weight excluding hydrogens is 225 g/mol. The summed E-state index contributed by atoms with van der Waals surface area (Å²) in [4.78, 5) is 0. The highest BCUT2D eigenvalue weighted by Crippen LogP contribution is 2.22. The molecule has 0 saturated heterocycles. The van der Waals surface area contributed by atoms with Crippen LogP contribution in [0.4, 0.5) is 0 Å². The SMILES string of the molecule is Cl.Cl.NC1CCCC1Oc1cn[nH]c1. The number of hydrogen-bond donors (Lipinski definition) is 2. The van der Waals surface area contributed by atoms with Crippen LogP contribution in [0.3, 0.4) is 0 Å². The van der Waals surface area contributed by atoms with Crippen molar-refractivity contribution in [3.63, 3.8) is 0 Å². The van der Waals surface area contributed by atoms with Gasteiger partial charge in [0.05, 0.1) is 12.4 Å². The van der Waals surface area contributed by atoms with Crippen molar-refractivity contribution in [1.29, 1.82) is 0 Å². The highest BCUT2D eigenvalue weighted by molar-refractivity contribution is 5.85. The molecule has 14 heavy (non-hydrogen) atoms. The standard InChI is InChI=1S/C8H13N3O.2ClH/c9-7-2-1-3-8(7)12-6-4-10-11-5-6;;/h4-5,7-8H,1-3,9H2,(H,10,11);2*1H. The Hall–Kier alpha value is -0.450. The van der Waals surface area contributed by atoms with E-state index < -0.39 is 0 Å². The molecular formula is C8H15Cl2N3O. The number of rotatable bonds is 2. The van der Waals surface area contributed by atoms with E-state index in [2.05, 4.69) is 10.2 Å². The number of nitrogens with two attached hydrogens (primary N) is 1. The number of halogens is 2.